The third-order valence-electron chi connectivity index (χ3n) is 6.55. The second-order valence-electron chi connectivity index (χ2n) is 9.36. The van der Waals surface area contributed by atoms with Gasteiger partial charge in [-0.3, -0.25) is 0 Å². The zero-order chi connectivity index (χ0) is 21.7. The van der Waals surface area contributed by atoms with E-state index in [0.717, 1.165) is 5.56 Å². The summed E-state index contributed by atoms with van der Waals surface area (Å²) in [6.07, 6.45) is 0.704. The first-order valence-electron chi connectivity index (χ1n) is 10.3. The van der Waals surface area contributed by atoms with E-state index in [1.807, 2.05) is 44.2 Å². The summed E-state index contributed by atoms with van der Waals surface area (Å²) in [5.41, 5.74) is 1.27. The SMILES string of the molecule is Cc1ccccc1C[C@@H](COCc1ccccc1)[C@@](C)(O)C(C)(O[Si])C(C)(C)C. The number of benzene rings is 2. The topological polar surface area (TPSA) is 38.7 Å². The fraction of sp³-hybridized carbons (Fsp3) is 0.520. The highest BCUT2D eigenvalue weighted by Crippen LogP contribution is 2.45. The first-order valence-corrected chi connectivity index (χ1v) is 10.7. The first kappa shape index (κ1) is 23.8. The summed E-state index contributed by atoms with van der Waals surface area (Å²) in [5.74, 6) is -0.159. The molecule has 0 aliphatic carbocycles. The molecule has 0 bridgehead atoms. The number of hydrogen-bond donors (Lipinski definition) is 1. The monoisotopic (exact) mass is 411 g/mol. The largest absolute Gasteiger partial charge is 0.410 e. The van der Waals surface area contributed by atoms with Gasteiger partial charge in [0.15, 0.2) is 0 Å². The van der Waals surface area contributed by atoms with E-state index in [9.17, 15) is 5.11 Å². The minimum absolute atomic E-state index is 0.159. The molecule has 3 atom stereocenters. The standard InChI is InChI=1S/C25H35O3Si/c1-19-12-10-11-15-21(19)16-22(18-27-17-20-13-8-7-9-14-20)24(5,26)25(6,28-29)23(2,3)4/h7-15,22,26H,16-18H2,1-6H3/t22-,24+,25?/m0/s1. The van der Waals surface area contributed by atoms with Crippen LogP contribution in [0.2, 0.25) is 0 Å². The van der Waals surface area contributed by atoms with E-state index in [1.165, 1.54) is 11.1 Å². The Hall–Kier alpha value is -1.46. The Bertz CT molecular complexity index is 767. The van der Waals surface area contributed by atoms with Crippen molar-refractivity contribution >= 4 is 10.5 Å². The third kappa shape index (κ3) is 5.37. The third-order valence-corrected chi connectivity index (χ3v) is 6.96. The Kier molecular flexibility index (Phi) is 7.85. The summed E-state index contributed by atoms with van der Waals surface area (Å²) in [4.78, 5) is 0. The van der Waals surface area contributed by atoms with Crippen LogP contribution >= 0.6 is 0 Å². The van der Waals surface area contributed by atoms with Crippen LogP contribution in [0.25, 0.3) is 0 Å². The van der Waals surface area contributed by atoms with Crippen LogP contribution in [0.3, 0.4) is 0 Å². The highest BCUT2D eigenvalue weighted by molar-refractivity contribution is 5.98. The van der Waals surface area contributed by atoms with Crippen LogP contribution in [-0.2, 0) is 22.2 Å². The summed E-state index contributed by atoms with van der Waals surface area (Å²) in [7, 11) is 3.27. The lowest BCUT2D eigenvalue weighted by Gasteiger charge is -2.53. The second kappa shape index (κ2) is 9.56. The molecule has 0 aliphatic rings. The zero-order valence-electron chi connectivity index (χ0n) is 18.7. The van der Waals surface area contributed by atoms with Gasteiger partial charge < -0.3 is 14.3 Å². The highest BCUT2D eigenvalue weighted by atomic mass is 28.2. The van der Waals surface area contributed by atoms with Gasteiger partial charge in [0, 0.05) is 5.92 Å². The molecule has 157 valence electrons. The van der Waals surface area contributed by atoms with E-state index in [-0.39, 0.29) is 11.3 Å². The van der Waals surface area contributed by atoms with Crippen LogP contribution in [0.5, 0.6) is 0 Å². The molecular weight excluding hydrogens is 376 g/mol. The molecule has 4 heteroatoms. The van der Waals surface area contributed by atoms with Gasteiger partial charge in [-0.25, -0.2) is 0 Å². The van der Waals surface area contributed by atoms with Crippen molar-refractivity contribution in [3.05, 3.63) is 71.3 Å². The number of aryl methyl sites for hydroxylation is 1. The van der Waals surface area contributed by atoms with Gasteiger partial charge in [-0.2, -0.15) is 0 Å². The number of hydrogen-bond acceptors (Lipinski definition) is 3. The van der Waals surface area contributed by atoms with E-state index in [4.69, 9.17) is 9.16 Å². The van der Waals surface area contributed by atoms with Gasteiger partial charge in [-0.1, -0.05) is 75.4 Å². The number of aliphatic hydroxyl groups is 1. The van der Waals surface area contributed by atoms with Crippen LogP contribution < -0.4 is 0 Å². The molecule has 3 nitrogen and oxygen atoms in total. The summed E-state index contributed by atoms with van der Waals surface area (Å²) >= 11 is 0. The minimum Gasteiger partial charge on any atom is -0.410 e. The molecule has 0 spiro atoms. The van der Waals surface area contributed by atoms with Gasteiger partial charge in [0.05, 0.1) is 24.4 Å². The molecule has 2 rings (SSSR count). The lowest BCUT2D eigenvalue weighted by Crippen LogP contribution is -2.64. The van der Waals surface area contributed by atoms with Gasteiger partial charge in [0.2, 0.25) is 10.5 Å². The maximum atomic E-state index is 11.8. The average molecular weight is 412 g/mol. The summed E-state index contributed by atoms with van der Waals surface area (Å²) < 4.78 is 11.9. The lowest BCUT2D eigenvalue weighted by molar-refractivity contribution is -0.201. The summed E-state index contributed by atoms with van der Waals surface area (Å²) in [6.45, 7) is 13.1. The van der Waals surface area contributed by atoms with Crippen LogP contribution in [0.15, 0.2) is 54.6 Å². The van der Waals surface area contributed by atoms with E-state index in [2.05, 4.69) is 62.4 Å². The average Bonchev–Trinajstić information content (AvgIpc) is 2.67. The lowest BCUT2D eigenvalue weighted by atomic mass is 9.63. The molecule has 0 saturated heterocycles. The van der Waals surface area contributed by atoms with E-state index >= 15 is 0 Å². The van der Waals surface area contributed by atoms with Crippen molar-refractivity contribution in [2.24, 2.45) is 11.3 Å². The second-order valence-corrected chi connectivity index (χ2v) is 9.57. The molecule has 0 aliphatic heterocycles. The predicted octanol–water partition coefficient (Wildman–Crippen LogP) is 5.03. The van der Waals surface area contributed by atoms with E-state index in [0.29, 0.717) is 19.6 Å². The van der Waals surface area contributed by atoms with Gasteiger partial charge in [-0.05, 0) is 49.3 Å². The molecule has 0 heterocycles. The Morgan fingerprint density at radius 1 is 0.931 bits per heavy atom. The molecule has 3 radical (unpaired) electrons. The van der Waals surface area contributed by atoms with Gasteiger partial charge in [0.1, 0.15) is 0 Å². The molecule has 2 aromatic rings. The van der Waals surface area contributed by atoms with Crippen LogP contribution in [0, 0.1) is 18.3 Å². The fourth-order valence-electron chi connectivity index (χ4n) is 3.82. The first-order chi connectivity index (χ1) is 13.5. The smallest absolute Gasteiger partial charge is 0.247 e. The molecule has 1 unspecified atom stereocenters. The minimum atomic E-state index is -1.15. The predicted molar refractivity (Wildman–Crippen MR) is 120 cm³/mol. The van der Waals surface area contributed by atoms with Gasteiger partial charge >= 0.3 is 0 Å². The number of rotatable bonds is 9. The van der Waals surface area contributed by atoms with Crippen molar-refractivity contribution in [3.8, 4) is 0 Å². The quantitative estimate of drug-likeness (QED) is 0.589. The van der Waals surface area contributed by atoms with Crippen LogP contribution in [0.1, 0.15) is 51.3 Å². The Morgan fingerprint density at radius 3 is 2.07 bits per heavy atom. The van der Waals surface area contributed by atoms with Crippen molar-refractivity contribution in [3.63, 3.8) is 0 Å². The molecule has 0 saturated carbocycles. The van der Waals surface area contributed by atoms with Crippen molar-refractivity contribution in [2.45, 2.75) is 65.8 Å². The molecule has 2 aromatic carbocycles. The van der Waals surface area contributed by atoms with Crippen molar-refractivity contribution < 1.29 is 14.3 Å². The normalized spacial score (nSPS) is 17.4. The Morgan fingerprint density at radius 2 is 1.52 bits per heavy atom. The molecular formula is C25H35O3Si. The zero-order valence-corrected chi connectivity index (χ0v) is 19.7. The molecule has 29 heavy (non-hydrogen) atoms. The summed E-state index contributed by atoms with van der Waals surface area (Å²) in [5, 5.41) is 11.8. The van der Waals surface area contributed by atoms with E-state index < -0.39 is 11.2 Å². The van der Waals surface area contributed by atoms with Crippen molar-refractivity contribution in [2.75, 3.05) is 6.61 Å². The fourth-order valence-corrected chi connectivity index (χ4v) is 4.34. The maximum absolute atomic E-state index is 11.8. The summed E-state index contributed by atoms with van der Waals surface area (Å²) in [6, 6.07) is 18.4. The molecule has 1 N–H and O–H groups in total. The highest BCUT2D eigenvalue weighted by Gasteiger charge is 2.55. The Balaban J connectivity index is 2.30. The molecule has 0 fully saturated rings. The van der Waals surface area contributed by atoms with Crippen molar-refractivity contribution in [1.82, 2.24) is 0 Å². The van der Waals surface area contributed by atoms with Gasteiger partial charge in [-0.15, -0.1) is 0 Å². The van der Waals surface area contributed by atoms with Crippen molar-refractivity contribution in [1.29, 1.82) is 0 Å². The number of ether oxygens (including phenoxy) is 1. The molecule has 0 aromatic heterocycles. The van der Waals surface area contributed by atoms with Crippen LogP contribution in [0.4, 0.5) is 0 Å². The molecule has 0 amide bonds. The van der Waals surface area contributed by atoms with Crippen LogP contribution in [-0.4, -0.2) is 33.4 Å². The van der Waals surface area contributed by atoms with E-state index in [1.54, 1.807) is 0 Å². The van der Waals surface area contributed by atoms with Gasteiger partial charge in [0.25, 0.3) is 0 Å². The maximum Gasteiger partial charge on any atom is 0.247 e. The Labute approximate surface area is 180 Å².